The number of rotatable bonds is 3. The predicted octanol–water partition coefficient (Wildman–Crippen LogP) is 2.69. The maximum absolute atomic E-state index is 13.4. The van der Waals surface area contributed by atoms with Crippen LogP contribution in [0.25, 0.3) is 0 Å². The molecule has 0 N–H and O–H groups in total. The highest BCUT2D eigenvalue weighted by Crippen LogP contribution is 2.30. The van der Waals surface area contributed by atoms with Crippen molar-refractivity contribution in [2.75, 3.05) is 7.11 Å². The van der Waals surface area contributed by atoms with Crippen molar-refractivity contribution in [1.82, 2.24) is 0 Å². The van der Waals surface area contributed by atoms with Crippen LogP contribution < -0.4 is 4.74 Å². The van der Waals surface area contributed by atoms with E-state index in [1.807, 2.05) is 0 Å². The number of methoxy groups -OCH3 is 1. The summed E-state index contributed by atoms with van der Waals surface area (Å²) in [5.41, 5.74) is -0.0431. The summed E-state index contributed by atoms with van der Waals surface area (Å²) in [7, 11) is 1.22. The Kier molecular flexibility index (Phi) is 4.06. The molecule has 0 aliphatic heterocycles. The molecule has 88 valence electrons. The van der Waals surface area contributed by atoms with E-state index in [2.05, 4.69) is 9.47 Å². The number of esters is 1. The van der Waals surface area contributed by atoms with Crippen LogP contribution in [0, 0.1) is 11.6 Å². The summed E-state index contributed by atoms with van der Waals surface area (Å²) >= 11 is 5.41. The molecule has 3 nitrogen and oxygen atoms in total. The van der Waals surface area contributed by atoms with E-state index in [0.717, 1.165) is 6.07 Å². The molecule has 1 rings (SSSR count). The van der Waals surface area contributed by atoms with Crippen molar-refractivity contribution in [3.05, 3.63) is 28.3 Å². The van der Waals surface area contributed by atoms with E-state index >= 15 is 0 Å². The van der Waals surface area contributed by atoms with E-state index in [0.29, 0.717) is 0 Å². The predicted molar refractivity (Wildman–Crippen MR) is 53.4 cm³/mol. The average molecular weight is 251 g/mol. The zero-order valence-electron chi connectivity index (χ0n) is 8.64. The van der Waals surface area contributed by atoms with Gasteiger partial charge < -0.3 is 9.47 Å². The molecule has 0 aliphatic rings. The maximum Gasteiger partial charge on any atom is 0.302 e. The fourth-order valence-electron chi connectivity index (χ4n) is 1.06. The number of hydrogen-bond acceptors (Lipinski definition) is 3. The lowest BCUT2D eigenvalue weighted by atomic mass is 10.2. The van der Waals surface area contributed by atoms with Gasteiger partial charge in [-0.25, -0.2) is 8.78 Å². The number of carbonyl (C=O) groups is 1. The molecule has 1 aromatic rings. The zero-order chi connectivity index (χ0) is 12.3. The minimum absolute atomic E-state index is 0.0431. The van der Waals surface area contributed by atoms with Crippen LogP contribution in [0.3, 0.4) is 0 Å². The highest BCUT2D eigenvalue weighted by molar-refractivity contribution is 6.31. The van der Waals surface area contributed by atoms with Crippen molar-refractivity contribution in [3.63, 3.8) is 0 Å². The standard InChI is InChI=1S/C10H9ClF2O3/c1-5(14)16-4-6-3-7(15-2)10(13)8(11)9(6)12/h3H,4H2,1-2H3. The highest BCUT2D eigenvalue weighted by Gasteiger charge is 2.18. The Hall–Kier alpha value is -1.36. The largest absolute Gasteiger partial charge is 0.494 e. The van der Waals surface area contributed by atoms with Crippen LogP contribution in [-0.2, 0) is 16.1 Å². The van der Waals surface area contributed by atoms with Crippen LogP contribution in [0.15, 0.2) is 6.07 Å². The van der Waals surface area contributed by atoms with Gasteiger partial charge in [0.2, 0.25) is 0 Å². The Balaban J connectivity index is 3.09. The monoisotopic (exact) mass is 250 g/mol. The molecule has 0 saturated carbocycles. The number of carbonyl (C=O) groups excluding carboxylic acids is 1. The Morgan fingerprint density at radius 1 is 1.44 bits per heavy atom. The first-order chi connectivity index (χ1) is 7.47. The smallest absolute Gasteiger partial charge is 0.302 e. The first kappa shape index (κ1) is 12.7. The number of hydrogen-bond donors (Lipinski definition) is 0. The van der Waals surface area contributed by atoms with Gasteiger partial charge in [-0.2, -0.15) is 0 Å². The van der Waals surface area contributed by atoms with Gasteiger partial charge in [-0.15, -0.1) is 0 Å². The third-order valence-electron chi connectivity index (χ3n) is 1.84. The summed E-state index contributed by atoms with van der Waals surface area (Å²) in [6.45, 7) is 0.859. The van der Waals surface area contributed by atoms with Crippen molar-refractivity contribution in [2.24, 2.45) is 0 Å². The van der Waals surface area contributed by atoms with Gasteiger partial charge in [0.25, 0.3) is 0 Å². The molecule has 6 heteroatoms. The number of halogens is 3. The molecule has 0 saturated heterocycles. The third kappa shape index (κ3) is 2.61. The Morgan fingerprint density at radius 2 is 2.06 bits per heavy atom. The molecule has 0 aliphatic carbocycles. The van der Waals surface area contributed by atoms with Gasteiger partial charge in [0.05, 0.1) is 7.11 Å². The molecule has 0 bridgehead atoms. The molecule has 0 radical (unpaired) electrons. The summed E-state index contributed by atoms with van der Waals surface area (Å²) in [6, 6.07) is 1.10. The Bertz CT molecular complexity index is 421. The first-order valence-corrected chi connectivity index (χ1v) is 4.69. The second-order valence-electron chi connectivity index (χ2n) is 2.96. The summed E-state index contributed by atoms with van der Waals surface area (Å²) < 4.78 is 35.9. The van der Waals surface area contributed by atoms with Crippen LogP contribution in [0.2, 0.25) is 5.02 Å². The SMILES string of the molecule is COc1cc(COC(C)=O)c(F)c(Cl)c1F. The maximum atomic E-state index is 13.4. The van der Waals surface area contributed by atoms with Gasteiger partial charge in [0, 0.05) is 12.5 Å². The zero-order valence-corrected chi connectivity index (χ0v) is 9.40. The topological polar surface area (TPSA) is 35.5 Å². The molecule has 0 atom stereocenters. The highest BCUT2D eigenvalue weighted by atomic mass is 35.5. The number of benzene rings is 1. The quantitative estimate of drug-likeness (QED) is 0.611. The average Bonchev–Trinajstić information content (AvgIpc) is 2.25. The summed E-state index contributed by atoms with van der Waals surface area (Å²) in [5.74, 6) is -2.71. The number of ether oxygens (including phenoxy) is 2. The van der Waals surface area contributed by atoms with E-state index in [-0.39, 0.29) is 17.9 Å². The minimum Gasteiger partial charge on any atom is -0.494 e. The van der Waals surface area contributed by atoms with Crippen molar-refractivity contribution in [2.45, 2.75) is 13.5 Å². The summed E-state index contributed by atoms with van der Waals surface area (Å²) in [5, 5.41) is -0.679. The Morgan fingerprint density at radius 3 is 2.56 bits per heavy atom. The van der Waals surface area contributed by atoms with Crippen LogP contribution >= 0.6 is 11.6 Å². The molecule has 0 spiro atoms. The van der Waals surface area contributed by atoms with Crippen LogP contribution in [0.4, 0.5) is 8.78 Å². The normalized spacial score (nSPS) is 10.1. The molecule has 1 aromatic carbocycles. The second-order valence-corrected chi connectivity index (χ2v) is 3.34. The van der Waals surface area contributed by atoms with Crippen LogP contribution in [0.1, 0.15) is 12.5 Å². The molecule has 0 fully saturated rings. The molecular formula is C10H9ClF2O3. The van der Waals surface area contributed by atoms with Gasteiger partial charge in [0.1, 0.15) is 11.6 Å². The van der Waals surface area contributed by atoms with Crippen molar-refractivity contribution in [3.8, 4) is 5.75 Å². The van der Waals surface area contributed by atoms with E-state index in [4.69, 9.17) is 11.6 Å². The van der Waals surface area contributed by atoms with E-state index in [1.165, 1.54) is 14.0 Å². The lowest BCUT2D eigenvalue weighted by Crippen LogP contribution is -2.03. The van der Waals surface area contributed by atoms with Gasteiger partial charge >= 0.3 is 5.97 Å². The van der Waals surface area contributed by atoms with Crippen molar-refractivity contribution < 1.29 is 23.0 Å². The molecule has 0 amide bonds. The van der Waals surface area contributed by atoms with Gasteiger partial charge in [-0.1, -0.05) is 11.6 Å². The molecule has 0 heterocycles. The summed E-state index contributed by atoms with van der Waals surface area (Å²) in [6.07, 6.45) is 0. The fraction of sp³-hybridized carbons (Fsp3) is 0.300. The van der Waals surface area contributed by atoms with E-state index in [9.17, 15) is 13.6 Å². The first-order valence-electron chi connectivity index (χ1n) is 4.31. The third-order valence-corrected chi connectivity index (χ3v) is 2.17. The van der Waals surface area contributed by atoms with Gasteiger partial charge in [-0.05, 0) is 6.07 Å². The molecule has 0 aromatic heterocycles. The Labute approximate surface area is 95.9 Å². The molecule has 16 heavy (non-hydrogen) atoms. The van der Waals surface area contributed by atoms with E-state index < -0.39 is 22.6 Å². The lowest BCUT2D eigenvalue weighted by Gasteiger charge is -2.09. The summed E-state index contributed by atoms with van der Waals surface area (Å²) in [4.78, 5) is 10.6. The lowest BCUT2D eigenvalue weighted by molar-refractivity contribution is -0.142. The van der Waals surface area contributed by atoms with Crippen LogP contribution in [0.5, 0.6) is 5.75 Å². The van der Waals surface area contributed by atoms with Crippen LogP contribution in [-0.4, -0.2) is 13.1 Å². The molecule has 0 unspecified atom stereocenters. The minimum atomic E-state index is -0.978. The van der Waals surface area contributed by atoms with E-state index in [1.54, 1.807) is 0 Å². The second kappa shape index (κ2) is 5.12. The molecular weight excluding hydrogens is 242 g/mol. The van der Waals surface area contributed by atoms with Crippen molar-refractivity contribution >= 4 is 17.6 Å². The van der Waals surface area contributed by atoms with Gasteiger partial charge in [-0.3, -0.25) is 4.79 Å². The van der Waals surface area contributed by atoms with Crippen molar-refractivity contribution in [1.29, 1.82) is 0 Å². The van der Waals surface area contributed by atoms with Gasteiger partial charge in [0.15, 0.2) is 17.4 Å². The fourth-order valence-corrected chi connectivity index (χ4v) is 1.28.